The molecule has 318 valence electrons. The maximum Gasteiger partial charge on any atom is 0.333 e. The Morgan fingerprint density at radius 1 is 0.455 bits per heavy atom. The van der Waals surface area contributed by atoms with E-state index in [1.807, 2.05) is 36.4 Å². The second-order valence-electron chi connectivity index (χ2n) is 20.1. The van der Waals surface area contributed by atoms with Crippen LogP contribution >= 0.6 is 0 Å². The van der Waals surface area contributed by atoms with Gasteiger partial charge in [0.1, 0.15) is 0 Å². The summed E-state index contributed by atoms with van der Waals surface area (Å²) in [6, 6.07) is 63.8. The molecule has 0 spiro atoms. The largest absolute Gasteiger partial charge is 0.375 e. The first-order valence-corrected chi connectivity index (χ1v) is 23.1. The zero-order chi connectivity index (χ0) is 45.1. The van der Waals surface area contributed by atoms with Gasteiger partial charge in [-0.25, -0.2) is 15.0 Å². The van der Waals surface area contributed by atoms with Crippen LogP contribution in [0.25, 0.3) is 78.2 Å². The van der Waals surface area contributed by atoms with Gasteiger partial charge in [-0.05, 0) is 117 Å². The number of aromatic nitrogens is 4. The summed E-state index contributed by atoms with van der Waals surface area (Å²) in [5, 5.41) is 2.63. The first kappa shape index (κ1) is 40.0. The molecule has 0 radical (unpaired) electrons. The Hall–Kier alpha value is -7.57. The van der Waals surface area contributed by atoms with Crippen LogP contribution in [0.3, 0.4) is 0 Å². The molecule has 0 saturated heterocycles. The Morgan fingerprint density at radius 2 is 1.02 bits per heavy atom. The molecular weight excluding hydrogens is 802 g/mol. The van der Waals surface area contributed by atoms with Crippen LogP contribution in [0.4, 0.5) is 17.1 Å². The fourth-order valence-corrected chi connectivity index (χ4v) is 10.5. The fraction of sp³-hybridized carbons (Fsp3) is 0.150. The lowest BCUT2D eigenvalue weighted by atomic mass is 9.44. The molecule has 0 aliphatic carbocycles. The monoisotopic (exact) mass is 851 g/mol. The van der Waals surface area contributed by atoms with Crippen LogP contribution in [0.15, 0.2) is 176 Å². The Kier molecular flexibility index (Phi) is 8.92. The van der Waals surface area contributed by atoms with E-state index in [1.54, 1.807) is 0 Å². The topological polar surface area (TPSA) is 46.8 Å². The van der Waals surface area contributed by atoms with Gasteiger partial charge in [0.05, 0.1) is 0 Å². The van der Waals surface area contributed by atoms with Crippen LogP contribution in [0.5, 0.6) is 0 Å². The Balaban J connectivity index is 1.16. The van der Waals surface area contributed by atoms with Gasteiger partial charge in [-0.2, -0.15) is 0 Å². The van der Waals surface area contributed by atoms with Gasteiger partial charge in [0, 0.05) is 61.1 Å². The Bertz CT molecular complexity index is 3500. The molecule has 0 bridgehead atoms. The molecule has 0 amide bonds. The summed E-state index contributed by atoms with van der Waals surface area (Å²) in [5.74, 6) is 1.94. The quantitative estimate of drug-likeness (QED) is 0.162. The van der Waals surface area contributed by atoms with Gasteiger partial charge in [-0.1, -0.05) is 163 Å². The van der Waals surface area contributed by atoms with Gasteiger partial charge in [-0.15, -0.1) is 0 Å². The third-order valence-corrected chi connectivity index (χ3v) is 13.9. The second kappa shape index (κ2) is 14.7. The number of rotatable bonds is 5. The normalized spacial score (nSPS) is 13.0. The van der Waals surface area contributed by atoms with Crippen LogP contribution in [0.1, 0.15) is 58.2 Å². The minimum atomic E-state index is -0.0814. The summed E-state index contributed by atoms with van der Waals surface area (Å²) < 4.78 is 2.68. The average molecular weight is 852 g/mol. The van der Waals surface area contributed by atoms with E-state index in [4.69, 9.17) is 15.0 Å². The van der Waals surface area contributed by atoms with Crippen molar-refractivity contribution in [2.45, 2.75) is 59.3 Å². The van der Waals surface area contributed by atoms with Crippen LogP contribution in [-0.2, 0) is 10.8 Å². The van der Waals surface area contributed by atoms with Gasteiger partial charge in [-0.3, -0.25) is 0 Å². The highest BCUT2D eigenvalue weighted by Gasteiger charge is 2.44. The molecule has 10 aromatic rings. The highest BCUT2D eigenvalue weighted by atomic mass is 15.2. The highest BCUT2D eigenvalue weighted by molar-refractivity contribution is 6.90. The van der Waals surface area contributed by atoms with Crippen LogP contribution in [0.2, 0.25) is 0 Å². The molecule has 2 aromatic heterocycles. The number of para-hydroxylation sites is 2. The molecule has 0 saturated carbocycles. The number of hydrogen-bond acceptors (Lipinski definition) is 4. The lowest BCUT2D eigenvalue weighted by Gasteiger charge is -2.41. The van der Waals surface area contributed by atoms with E-state index in [-0.39, 0.29) is 17.7 Å². The highest BCUT2D eigenvalue weighted by Crippen LogP contribution is 2.50. The second-order valence-corrected chi connectivity index (χ2v) is 20.1. The molecule has 6 heteroatoms. The molecular formula is C60H50BN5. The van der Waals surface area contributed by atoms with Crippen molar-refractivity contribution in [3.05, 3.63) is 193 Å². The molecule has 2 aliphatic rings. The zero-order valence-corrected chi connectivity index (χ0v) is 38.6. The van der Waals surface area contributed by atoms with Crippen molar-refractivity contribution in [2.75, 3.05) is 4.90 Å². The molecule has 0 N–H and O–H groups in total. The lowest BCUT2D eigenvalue weighted by molar-refractivity contribution is 0.590. The van der Waals surface area contributed by atoms with Crippen LogP contribution < -0.4 is 15.8 Å². The van der Waals surface area contributed by atoms with Crippen molar-refractivity contribution < 1.29 is 0 Å². The van der Waals surface area contributed by atoms with E-state index in [0.29, 0.717) is 17.5 Å². The van der Waals surface area contributed by atoms with Crippen molar-refractivity contribution in [3.63, 3.8) is 0 Å². The summed E-state index contributed by atoms with van der Waals surface area (Å²) >= 11 is 0. The molecule has 2 aliphatic heterocycles. The molecule has 0 unspecified atom stereocenters. The summed E-state index contributed by atoms with van der Waals surface area (Å²) in [5.41, 5.74) is 20.3. The summed E-state index contributed by atoms with van der Waals surface area (Å²) in [7, 11) is 0. The van der Waals surface area contributed by atoms with Crippen LogP contribution in [-0.4, -0.2) is 26.3 Å². The van der Waals surface area contributed by atoms with E-state index in [0.717, 1.165) is 27.9 Å². The minimum absolute atomic E-state index is 0.00454. The van der Waals surface area contributed by atoms with Gasteiger partial charge in [0.25, 0.3) is 0 Å². The van der Waals surface area contributed by atoms with Crippen LogP contribution in [0, 0.1) is 6.92 Å². The van der Waals surface area contributed by atoms with E-state index in [9.17, 15) is 0 Å². The zero-order valence-electron chi connectivity index (χ0n) is 38.6. The summed E-state index contributed by atoms with van der Waals surface area (Å²) in [4.78, 5) is 17.8. The maximum absolute atomic E-state index is 5.15. The third-order valence-electron chi connectivity index (χ3n) is 13.9. The van der Waals surface area contributed by atoms with Gasteiger partial charge >= 0.3 is 6.85 Å². The Labute approximate surface area is 387 Å². The molecule has 12 rings (SSSR count). The number of hydrogen-bond donors (Lipinski definition) is 0. The summed E-state index contributed by atoms with van der Waals surface area (Å²) in [6.07, 6.45) is 0. The smallest absolute Gasteiger partial charge is 0.333 e. The fourth-order valence-electron chi connectivity index (χ4n) is 10.5. The van der Waals surface area contributed by atoms with E-state index >= 15 is 0 Å². The third kappa shape index (κ3) is 6.26. The van der Waals surface area contributed by atoms with Crippen molar-refractivity contribution in [1.29, 1.82) is 0 Å². The van der Waals surface area contributed by atoms with Gasteiger partial charge in [0.2, 0.25) is 0 Å². The first-order chi connectivity index (χ1) is 31.9. The SMILES string of the molecule is Cc1c(-c2cccc(-c3nc(-c4ccccc4)nc(-c4ccccc4)n3)c2)cc2c3c1-c1cc(C(C)(C)C)cc4c5cc(C(C)(C)C)ccc5n(c14)B3c1ccccc1N2c1ccccc1. The van der Waals surface area contributed by atoms with E-state index < -0.39 is 0 Å². The Morgan fingerprint density at radius 3 is 1.67 bits per heavy atom. The lowest BCUT2D eigenvalue weighted by Crippen LogP contribution is -2.56. The standard InChI is InChI=1S/C60H50BN5/c1-37-45(40-24-19-25-41(32-40)58-63-56(38-20-11-8-12-21-38)62-57(64-58)39-22-13-9-14-23-39)36-52-54-53(37)48-35-43(60(5,6)7)34-47-46-33-42(59(2,3)4)30-31-50(46)66(55(47)48)61(54)49-28-17-18-29-51(49)65(52)44-26-15-10-16-27-44/h8-36H,1-7H3. The first-order valence-electron chi connectivity index (χ1n) is 23.1. The van der Waals surface area contributed by atoms with Gasteiger partial charge < -0.3 is 9.38 Å². The number of anilines is 3. The van der Waals surface area contributed by atoms with Crippen molar-refractivity contribution in [1.82, 2.24) is 19.4 Å². The molecule has 66 heavy (non-hydrogen) atoms. The average Bonchev–Trinajstić information content (AvgIpc) is 3.67. The molecule has 5 nitrogen and oxygen atoms in total. The van der Waals surface area contributed by atoms with Crippen molar-refractivity contribution in [2.24, 2.45) is 0 Å². The number of nitrogens with zero attached hydrogens (tertiary/aromatic N) is 5. The van der Waals surface area contributed by atoms with Crippen molar-refractivity contribution >= 4 is 56.6 Å². The van der Waals surface area contributed by atoms with E-state index in [2.05, 4.69) is 197 Å². The number of benzene rings is 8. The number of fused-ring (bicyclic) bond motifs is 7. The van der Waals surface area contributed by atoms with Gasteiger partial charge in [0.15, 0.2) is 17.5 Å². The molecule has 0 fully saturated rings. The predicted octanol–water partition coefficient (Wildman–Crippen LogP) is 14.0. The summed E-state index contributed by atoms with van der Waals surface area (Å²) in [6.45, 7) is 16.3. The maximum atomic E-state index is 5.15. The molecule has 0 atom stereocenters. The molecule has 8 aromatic carbocycles. The van der Waals surface area contributed by atoms with E-state index in [1.165, 1.54) is 77.5 Å². The molecule has 4 heterocycles. The minimum Gasteiger partial charge on any atom is -0.375 e. The predicted molar refractivity (Wildman–Crippen MR) is 277 cm³/mol. The van der Waals surface area contributed by atoms with Crippen molar-refractivity contribution in [3.8, 4) is 56.4 Å².